The van der Waals surface area contributed by atoms with Gasteiger partial charge < -0.3 is 14.3 Å². The molecule has 88 valence electrons. The van der Waals surface area contributed by atoms with Crippen molar-refractivity contribution in [3.63, 3.8) is 0 Å². The van der Waals surface area contributed by atoms with Gasteiger partial charge in [-0.2, -0.15) is 0 Å². The van der Waals surface area contributed by atoms with E-state index in [-0.39, 0.29) is 0 Å². The molecule has 0 aliphatic carbocycles. The lowest BCUT2D eigenvalue weighted by atomic mass is 10.1. The van der Waals surface area contributed by atoms with Crippen molar-refractivity contribution in [3.05, 3.63) is 23.3 Å². The molecular formula is C13H18O3. The van der Waals surface area contributed by atoms with Gasteiger partial charge in [0, 0.05) is 6.42 Å². The normalized spacial score (nSPS) is 9.94. The Balaban J connectivity index is 2.68. The molecule has 3 heteroatoms. The molecule has 0 radical (unpaired) electrons. The third-order valence-electron chi connectivity index (χ3n) is 2.38. The molecule has 3 nitrogen and oxygen atoms in total. The van der Waals surface area contributed by atoms with Gasteiger partial charge in [-0.25, -0.2) is 0 Å². The largest absolute Gasteiger partial charge is 0.497 e. The number of rotatable bonds is 6. The molecule has 0 N–H and O–H groups in total. The van der Waals surface area contributed by atoms with Crippen molar-refractivity contribution in [1.82, 2.24) is 0 Å². The van der Waals surface area contributed by atoms with Crippen LogP contribution < -0.4 is 9.47 Å². The Morgan fingerprint density at radius 2 is 1.88 bits per heavy atom. The number of carbonyl (C=O) groups excluding carboxylic acids is 1. The van der Waals surface area contributed by atoms with Gasteiger partial charge in [-0.3, -0.25) is 0 Å². The van der Waals surface area contributed by atoms with Crippen LogP contribution in [0.5, 0.6) is 11.5 Å². The van der Waals surface area contributed by atoms with Crippen LogP contribution in [0, 0.1) is 13.8 Å². The maximum Gasteiger partial charge on any atom is 0.125 e. The van der Waals surface area contributed by atoms with E-state index >= 15 is 0 Å². The summed E-state index contributed by atoms with van der Waals surface area (Å²) in [5.74, 6) is 1.74. The molecular weight excluding hydrogens is 204 g/mol. The molecule has 16 heavy (non-hydrogen) atoms. The summed E-state index contributed by atoms with van der Waals surface area (Å²) in [5, 5.41) is 0. The summed E-state index contributed by atoms with van der Waals surface area (Å²) >= 11 is 0. The van der Waals surface area contributed by atoms with Gasteiger partial charge in [0.25, 0.3) is 0 Å². The number of unbranched alkanes of at least 4 members (excludes halogenated alkanes) is 1. The summed E-state index contributed by atoms with van der Waals surface area (Å²) in [6.07, 6.45) is 2.22. The van der Waals surface area contributed by atoms with Crippen molar-refractivity contribution >= 4 is 6.29 Å². The summed E-state index contributed by atoms with van der Waals surface area (Å²) in [5.41, 5.74) is 2.12. The average Bonchev–Trinajstić information content (AvgIpc) is 2.26. The van der Waals surface area contributed by atoms with Crippen LogP contribution in [0.2, 0.25) is 0 Å². The first-order chi connectivity index (χ1) is 7.69. The van der Waals surface area contributed by atoms with Crippen LogP contribution in [0.3, 0.4) is 0 Å². The summed E-state index contributed by atoms with van der Waals surface area (Å²) in [7, 11) is 1.65. The molecule has 0 heterocycles. The third kappa shape index (κ3) is 3.26. The van der Waals surface area contributed by atoms with Crippen LogP contribution in [-0.4, -0.2) is 20.0 Å². The minimum atomic E-state index is 0.550. The zero-order valence-corrected chi connectivity index (χ0v) is 10.1. The number of aldehydes is 1. The Morgan fingerprint density at radius 1 is 1.25 bits per heavy atom. The van der Waals surface area contributed by atoms with Crippen molar-refractivity contribution in [1.29, 1.82) is 0 Å². The fourth-order valence-corrected chi connectivity index (χ4v) is 1.60. The molecule has 1 aromatic rings. The molecule has 0 unspecified atom stereocenters. The standard InChI is InChI=1S/C13H18O3/c1-10-8-12(15-3)9-11(2)13(10)16-7-5-4-6-14/h6,8-9H,4-5,7H2,1-3H3. The molecule has 0 atom stereocenters. The second kappa shape index (κ2) is 6.16. The smallest absolute Gasteiger partial charge is 0.125 e. The van der Waals surface area contributed by atoms with Gasteiger partial charge in [0.05, 0.1) is 13.7 Å². The van der Waals surface area contributed by atoms with Crippen molar-refractivity contribution in [2.75, 3.05) is 13.7 Å². The highest BCUT2D eigenvalue weighted by atomic mass is 16.5. The summed E-state index contributed by atoms with van der Waals surface area (Å²) < 4.78 is 10.8. The number of hydrogen-bond donors (Lipinski definition) is 0. The molecule has 0 aliphatic heterocycles. The molecule has 0 saturated carbocycles. The summed E-state index contributed by atoms with van der Waals surface area (Å²) in [6.45, 7) is 4.56. The molecule has 0 spiro atoms. The molecule has 0 aromatic heterocycles. The molecule has 0 fully saturated rings. The first-order valence-corrected chi connectivity index (χ1v) is 5.40. The van der Waals surface area contributed by atoms with Crippen molar-refractivity contribution < 1.29 is 14.3 Å². The van der Waals surface area contributed by atoms with E-state index in [0.717, 1.165) is 35.3 Å². The molecule has 1 rings (SSSR count). The van der Waals surface area contributed by atoms with Crippen LogP contribution >= 0.6 is 0 Å². The Labute approximate surface area is 96.4 Å². The topological polar surface area (TPSA) is 35.5 Å². The maximum atomic E-state index is 10.2. The molecule has 0 saturated heterocycles. The minimum absolute atomic E-state index is 0.550. The molecule has 0 aliphatic rings. The fraction of sp³-hybridized carbons (Fsp3) is 0.462. The lowest BCUT2D eigenvalue weighted by molar-refractivity contribution is -0.108. The van der Waals surface area contributed by atoms with Crippen molar-refractivity contribution in [2.45, 2.75) is 26.7 Å². The first kappa shape index (κ1) is 12.6. The second-order valence-corrected chi connectivity index (χ2v) is 3.75. The Kier molecular flexibility index (Phi) is 4.83. The zero-order valence-electron chi connectivity index (χ0n) is 10.1. The van der Waals surface area contributed by atoms with E-state index in [1.165, 1.54) is 0 Å². The maximum absolute atomic E-state index is 10.2. The quantitative estimate of drug-likeness (QED) is 0.548. The Bertz CT molecular complexity index is 335. The highest BCUT2D eigenvalue weighted by Gasteiger charge is 2.06. The predicted molar refractivity (Wildman–Crippen MR) is 63.3 cm³/mol. The first-order valence-electron chi connectivity index (χ1n) is 5.40. The van der Waals surface area contributed by atoms with Gasteiger partial charge in [-0.15, -0.1) is 0 Å². The van der Waals surface area contributed by atoms with Gasteiger partial charge in [0.1, 0.15) is 17.8 Å². The van der Waals surface area contributed by atoms with E-state index in [9.17, 15) is 4.79 Å². The summed E-state index contributed by atoms with van der Waals surface area (Å²) in [4.78, 5) is 10.2. The highest BCUT2D eigenvalue weighted by molar-refractivity contribution is 5.49. The van der Waals surface area contributed by atoms with Gasteiger partial charge in [0.15, 0.2) is 0 Å². The minimum Gasteiger partial charge on any atom is -0.497 e. The van der Waals surface area contributed by atoms with Crippen LogP contribution in [-0.2, 0) is 4.79 Å². The van der Waals surface area contributed by atoms with Crippen molar-refractivity contribution in [2.24, 2.45) is 0 Å². The fourth-order valence-electron chi connectivity index (χ4n) is 1.60. The van der Waals surface area contributed by atoms with Crippen LogP contribution in [0.4, 0.5) is 0 Å². The highest BCUT2D eigenvalue weighted by Crippen LogP contribution is 2.28. The van der Waals surface area contributed by atoms with E-state index in [1.807, 2.05) is 26.0 Å². The van der Waals surface area contributed by atoms with Crippen LogP contribution in [0.15, 0.2) is 12.1 Å². The SMILES string of the molecule is COc1cc(C)c(OCCCC=O)c(C)c1. The number of hydrogen-bond acceptors (Lipinski definition) is 3. The Morgan fingerprint density at radius 3 is 2.38 bits per heavy atom. The van der Waals surface area contributed by atoms with E-state index in [4.69, 9.17) is 9.47 Å². The van der Waals surface area contributed by atoms with Crippen molar-refractivity contribution in [3.8, 4) is 11.5 Å². The van der Waals surface area contributed by atoms with Crippen LogP contribution in [0.1, 0.15) is 24.0 Å². The van der Waals surface area contributed by atoms with E-state index in [2.05, 4.69) is 0 Å². The number of benzene rings is 1. The lowest BCUT2D eigenvalue weighted by Crippen LogP contribution is -2.01. The van der Waals surface area contributed by atoms with E-state index in [0.29, 0.717) is 13.0 Å². The van der Waals surface area contributed by atoms with Gasteiger partial charge in [-0.05, 0) is 43.5 Å². The number of carbonyl (C=O) groups is 1. The van der Waals surface area contributed by atoms with E-state index in [1.54, 1.807) is 7.11 Å². The summed E-state index contributed by atoms with van der Waals surface area (Å²) in [6, 6.07) is 3.89. The van der Waals surface area contributed by atoms with Gasteiger partial charge >= 0.3 is 0 Å². The number of aryl methyl sites for hydroxylation is 2. The van der Waals surface area contributed by atoms with Gasteiger partial charge in [0.2, 0.25) is 0 Å². The molecule has 0 amide bonds. The monoisotopic (exact) mass is 222 g/mol. The zero-order chi connectivity index (χ0) is 12.0. The van der Waals surface area contributed by atoms with Crippen LogP contribution in [0.25, 0.3) is 0 Å². The number of ether oxygens (including phenoxy) is 2. The van der Waals surface area contributed by atoms with Gasteiger partial charge in [-0.1, -0.05) is 0 Å². The van der Waals surface area contributed by atoms with E-state index < -0.39 is 0 Å². The molecule has 0 bridgehead atoms. The average molecular weight is 222 g/mol. The second-order valence-electron chi connectivity index (χ2n) is 3.75. The third-order valence-corrected chi connectivity index (χ3v) is 2.38. The number of methoxy groups -OCH3 is 1. The molecule has 1 aromatic carbocycles. The predicted octanol–water partition coefficient (Wildman–Crippen LogP) is 2.67. The lowest BCUT2D eigenvalue weighted by Gasteiger charge is -2.13. The Hall–Kier alpha value is -1.51.